The largest absolute Gasteiger partial charge is 0.299 e. The summed E-state index contributed by atoms with van der Waals surface area (Å²) in [5.41, 5.74) is 0.787. The predicted octanol–water partition coefficient (Wildman–Crippen LogP) is 5.08. The summed E-state index contributed by atoms with van der Waals surface area (Å²) in [6, 6.07) is 5.40. The summed E-state index contributed by atoms with van der Waals surface area (Å²) in [5, 5.41) is 1.20. The maximum Gasteiger partial charge on any atom is 0.140 e. The van der Waals surface area contributed by atoms with Gasteiger partial charge < -0.3 is 0 Å². The number of Topliss-reactive ketones (excluding diaryl/α,β-unsaturated/α-hetero) is 1. The molecule has 1 aliphatic rings. The standard InChI is InChI=1S/C15H18Cl2O/c16-13-8-5-9-14(17)12(13)10-15(18)11-6-3-1-2-4-7-11/h5,8-9,11H,1-4,6-7,10H2. The van der Waals surface area contributed by atoms with Crippen LogP contribution in [0.15, 0.2) is 18.2 Å². The van der Waals surface area contributed by atoms with Crippen LogP contribution in [0, 0.1) is 5.92 Å². The van der Waals surface area contributed by atoms with Crippen LogP contribution in [0.25, 0.3) is 0 Å². The number of halogens is 2. The molecule has 0 aliphatic heterocycles. The Morgan fingerprint density at radius 3 is 2.17 bits per heavy atom. The minimum Gasteiger partial charge on any atom is -0.299 e. The van der Waals surface area contributed by atoms with Crippen molar-refractivity contribution < 1.29 is 4.79 Å². The molecule has 0 aromatic heterocycles. The first-order valence-electron chi connectivity index (χ1n) is 6.64. The highest BCUT2D eigenvalue weighted by Crippen LogP contribution is 2.29. The van der Waals surface area contributed by atoms with Gasteiger partial charge in [-0.15, -0.1) is 0 Å². The summed E-state index contributed by atoms with van der Waals surface area (Å²) < 4.78 is 0. The van der Waals surface area contributed by atoms with Gasteiger partial charge in [0.05, 0.1) is 0 Å². The van der Waals surface area contributed by atoms with Crippen LogP contribution in [0.3, 0.4) is 0 Å². The molecule has 1 aromatic rings. The number of hydrogen-bond donors (Lipinski definition) is 0. The molecular formula is C15H18Cl2O. The van der Waals surface area contributed by atoms with Crippen LogP contribution < -0.4 is 0 Å². The van der Waals surface area contributed by atoms with E-state index in [9.17, 15) is 4.79 Å². The van der Waals surface area contributed by atoms with Crippen LogP contribution >= 0.6 is 23.2 Å². The zero-order valence-corrected chi connectivity index (χ0v) is 11.9. The Hall–Kier alpha value is -0.530. The normalized spacial score (nSPS) is 17.4. The van der Waals surface area contributed by atoms with Crippen molar-refractivity contribution in [1.29, 1.82) is 0 Å². The van der Waals surface area contributed by atoms with Gasteiger partial charge in [0.1, 0.15) is 5.78 Å². The highest BCUT2D eigenvalue weighted by atomic mass is 35.5. The Bertz CT molecular complexity index is 400. The van der Waals surface area contributed by atoms with E-state index in [4.69, 9.17) is 23.2 Å². The fraction of sp³-hybridized carbons (Fsp3) is 0.533. The van der Waals surface area contributed by atoms with E-state index in [1.54, 1.807) is 12.1 Å². The SMILES string of the molecule is O=C(Cc1c(Cl)cccc1Cl)C1CCCCCC1. The fourth-order valence-corrected chi connectivity index (χ4v) is 3.15. The lowest BCUT2D eigenvalue weighted by Crippen LogP contribution is -2.16. The summed E-state index contributed by atoms with van der Waals surface area (Å²) in [6.45, 7) is 0. The number of ketones is 1. The van der Waals surface area contributed by atoms with Crippen molar-refractivity contribution in [2.24, 2.45) is 5.92 Å². The predicted molar refractivity (Wildman–Crippen MR) is 76.4 cm³/mol. The molecule has 0 heterocycles. The van der Waals surface area contributed by atoms with Crippen molar-refractivity contribution in [3.8, 4) is 0 Å². The molecule has 2 rings (SSSR count). The van der Waals surface area contributed by atoms with Crippen LogP contribution in [-0.4, -0.2) is 5.78 Å². The maximum absolute atomic E-state index is 12.3. The monoisotopic (exact) mass is 284 g/mol. The number of rotatable bonds is 3. The number of carbonyl (C=O) groups is 1. The second-order valence-electron chi connectivity index (χ2n) is 5.03. The van der Waals surface area contributed by atoms with Gasteiger partial charge in [-0.25, -0.2) is 0 Å². The number of benzene rings is 1. The van der Waals surface area contributed by atoms with Gasteiger partial charge in [0.25, 0.3) is 0 Å². The molecule has 1 aromatic carbocycles. The fourth-order valence-electron chi connectivity index (χ4n) is 2.62. The molecule has 1 saturated carbocycles. The van der Waals surface area contributed by atoms with Gasteiger partial charge >= 0.3 is 0 Å². The third-order valence-corrected chi connectivity index (χ3v) is 4.43. The van der Waals surface area contributed by atoms with Crippen LogP contribution in [0.5, 0.6) is 0 Å². The van der Waals surface area contributed by atoms with E-state index in [0.717, 1.165) is 18.4 Å². The first-order chi connectivity index (χ1) is 8.68. The zero-order chi connectivity index (χ0) is 13.0. The molecule has 0 saturated heterocycles. The second kappa shape index (κ2) is 6.58. The van der Waals surface area contributed by atoms with Gasteiger partial charge in [-0.2, -0.15) is 0 Å². The molecule has 0 radical (unpaired) electrons. The lowest BCUT2D eigenvalue weighted by molar-refractivity contribution is -0.122. The summed E-state index contributed by atoms with van der Waals surface area (Å²) in [7, 11) is 0. The van der Waals surface area contributed by atoms with Crippen molar-refractivity contribution in [2.45, 2.75) is 44.9 Å². The average molecular weight is 285 g/mol. The topological polar surface area (TPSA) is 17.1 Å². The van der Waals surface area contributed by atoms with E-state index in [1.807, 2.05) is 6.07 Å². The van der Waals surface area contributed by atoms with Crippen molar-refractivity contribution in [2.75, 3.05) is 0 Å². The third-order valence-electron chi connectivity index (χ3n) is 3.72. The van der Waals surface area contributed by atoms with Crippen molar-refractivity contribution in [1.82, 2.24) is 0 Å². The zero-order valence-electron chi connectivity index (χ0n) is 10.4. The molecule has 1 nitrogen and oxygen atoms in total. The van der Waals surface area contributed by atoms with Crippen LogP contribution in [-0.2, 0) is 11.2 Å². The van der Waals surface area contributed by atoms with Gasteiger partial charge in [0.2, 0.25) is 0 Å². The Morgan fingerprint density at radius 2 is 1.61 bits per heavy atom. The first-order valence-corrected chi connectivity index (χ1v) is 7.39. The summed E-state index contributed by atoms with van der Waals surface area (Å²) in [5.74, 6) is 0.506. The van der Waals surface area contributed by atoms with Crippen LogP contribution in [0.4, 0.5) is 0 Å². The highest BCUT2D eigenvalue weighted by molar-refractivity contribution is 6.36. The quantitative estimate of drug-likeness (QED) is 0.708. The minimum atomic E-state index is 0.208. The van der Waals surface area contributed by atoms with Crippen molar-refractivity contribution in [3.63, 3.8) is 0 Å². The van der Waals surface area contributed by atoms with E-state index < -0.39 is 0 Å². The van der Waals surface area contributed by atoms with Gasteiger partial charge in [-0.1, -0.05) is 55.0 Å². The summed E-state index contributed by atoms with van der Waals surface area (Å²) >= 11 is 12.2. The lowest BCUT2D eigenvalue weighted by atomic mass is 9.91. The van der Waals surface area contributed by atoms with Gasteiger partial charge in [-0.05, 0) is 30.5 Å². The number of carbonyl (C=O) groups excluding carboxylic acids is 1. The maximum atomic E-state index is 12.3. The van der Waals surface area contributed by atoms with E-state index in [2.05, 4.69) is 0 Å². The molecule has 3 heteroatoms. The smallest absolute Gasteiger partial charge is 0.140 e. The molecule has 1 fully saturated rings. The van der Waals surface area contributed by atoms with E-state index in [-0.39, 0.29) is 5.92 Å². The van der Waals surface area contributed by atoms with Gasteiger partial charge in [-0.3, -0.25) is 4.79 Å². The molecule has 98 valence electrons. The Labute approximate surface area is 118 Å². The summed E-state index contributed by atoms with van der Waals surface area (Å²) in [6.07, 6.45) is 7.30. The Balaban J connectivity index is 2.06. The lowest BCUT2D eigenvalue weighted by Gasteiger charge is -2.14. The van der Waals surface area contributed by atoms with E-state index in [1.165, 1.54) is 25.7 Å². The molecule has 0 bridgehead atoms. The highest BCUT2D eigenvalue weighted by Gasteiger charge is 2.21. The molecule has 0 unspecified atom stereocenters. The van der Waals surface area contributed by atoms with Gasteiger partial charge in [0, 0.05) is 22.4 Å². The van der Waals surface area contributed by atoms with Gasteiger partial charge in [0.15, 0.2) is 0 Å². The minimum absolute atomic E-state index is 0.208. The molecule has 0 spiro atoms. The molecule has 0 atom stereocenters. The Kier molecular flexibility index (Phi) is 5.08. The molecule has 0 N–H and O–H groups in total. The average Bonchev–Trinajstić information content (AvgIpc) is 2.62. The summed E-state index contributed by atoms with van der Waals surface area (Å²) in [4.78, 5) is 12.3. The van der Waals surface area contributed by atoms with Crippen LogP contribution in [0.1, 0.15) is 44.1 Å². The molecule has 0 amide bonds. The van der Waals surface area contributed by atoms with E-state index in [0.29, 0.717) is 22.2 Å². The molecular weight excluding hydrogens is 267 g/mol. The van der Waals surface area contributed by atoms with E-state index >= 15 is 0 Å². The van der Waals surface area contributed by atoms with Crippen molar-refractivity contribution >= 4 is 29.0 Å². The van der Waals surface area contributed by atoms with Crippen LogP contribution in [0.2, 0.25) is 10.0 Å². The Morgan fingerprint density at radius 1 is 1.06 bits per heavy atom. The second-order valence-corrected chi connectivity index (χ2v) is 5.85. The number of hydrogen-bond acceptors (Lipinski definition) is 1. The molecule has 18 heavy (non-hydrogen) atoms. The molecule has 1 aliphatic carbocycles. The first kappa shape index (κ1) is 13.9. The van der Waals surface area contributed by atoms with Crippen molar-refractivity contribution in [3.05, 3.63) is 33.8 Å². The third kappa shape index (κ3) is 3.49.